The van der Waals surface area contributed by atoms with Crippen molar-refractivity contribution < 1.29 is 9.53 Å². The fourth-order valence-electron chi connectivity index (χ4n) is 3.66. The van der Waals surface area contributed by atoms with Gasteiger partial charge in [-0.3, -0.25) is 4.79 Å². The van der Waals surface area contributed by atoms with Crippen molar-refractivity contribution >= 4 is 15.5 Å². The zero-order chi connectivity index (χ0) is 14.9. The van der Waals surface area contributed by atoms with E-state index in [-0.39, 0.29) is 18.0 Å². The van der Waals surface area contributed by atoms with Gasteiger partial charge in [-0.25, -0.2) is 0 Å². The minimum Gasteiger partial charge on any atom is -0.462 e. The van der Waals surface area contributed by atoms with Crippen LogP contribution in [0.15, 0.2) is 0 Å². The van der Waals surface area contributed by atoms with Gasteiger partial charge in [-0.15, -0.1) is 0 Å². The first-order chi connectivity index (χ1) is 10.3. The highest BCUT2D eigenvalue weighted by Gasteiger charge is 2.28. The van der Waals surface area contributed by atoms with E-state index in [0.717, 1.165) is 40.7 Å². The van der Waals surface area contributed by atoms with Crippen LogP contribution < -0.4 is 0 Å². The summed E-state index contributed by atoms with van der Waals surface area (Å²) in [6.45, 7) is 2.27. The highest BCUT2D eigenvalue weighted by Crippen LogP contribution is 2.32. The molecule has 0 aliphatic heterocycles. The Labute approximate surface area is 133 Å². The van der Waals surface area contributed by atoms with Crippen molar-refractivity contribution in [3.05, 3.63) is 0 Å². The molecule has 0 N–H and O–H groups in total. The van der Waals surface area contributed by atoms with Gasteiger partial charge in [-0.05, 0) is 44.1 Å². The van der Waals surface area contributed by atoms with Gasteiger partial charge in [-0.2, -0.15) is 0 Å². The Morgan fingerprint density at radius 3 is 2.38 bits per heavy atom. The Morgan fingerprint density at radius 2 is 1.71 bits per heavy atom. The van der Waals surface area contributed by atoms with Gasteiger partial charge in [0.25, 0.3) is 0 Å². The minimum absolute atomic E-state index is 0.114. The monoisotopic (exact) mass is 308 g/mol. The molecule has 0 amide bonds. The summed E-state index contributed by atoms with van der Waals surface area (Å²) in [6, 6.07) is 1.42. The van der Waals surface area contributed by atoms with E-state index >= 15 is 0 Å². The van der Waals surface area contributed by atoms with Crippen LogP contribution in [0, 0.1) is 5.92 Å². The van der Waals surface area contributed by atoms with Gasteiger partial charge in [0.05, 0.1) is 5.92 Å². The third kappa shape index (κ3) is 6.13. The van der Waals surface area contributed by atoms with E-state index in [4.69, 9.17) is 4.74 Å². The molecule has 2 saturated carbocycles. The fraction of sp³-hybridized carbons (Fsp3) is 0.944. The second kappa shape index (κ2) is 9.65. The molecular formula is C18H32O2Si. The summed E-state index contributed by atoms with van der Waals surface area (Å²) in [5, 5.41) is 0. The Kier molecular flexibility index (Phi) is 7.84. The summed E-state index contributed by atoms with van der Waals surface area (Å²) < 4.78 is 5.79. The van der Waals surface area contributed by atoms with Gasteiger partial charge < -0.3 is 4.74 Å². The first-order valence-electron chi connectivity index (χ1n) is 9.23. The van der Waals surface area contributed by atoms with Crippen LogP contribution in [0.2, 0.25) is 11.6 Å². The molecule has 0 spiro atoms. The van der Waals surface area contributed by atoms with Crippen LogP contribution in [-0.2, 0) is 9.53 Å². The van der Waals surface area contributed by atoms with Crippen LogP contribution in [0.3, 0.4) is 0 Å². The molecule has 2 nitrogen and oxygen atoms in total. The second-order valence-corrected chi connectivity index (χ2v) is 8.63. The van der Waals surface area contributed by atoms with E-state index in [0.29, 0.717) is 0 Å². The van der Waals surface area contributed by atoms with E-state index in [2.05, 4.69) is 6.92 Å². The Bertz CT molecular complexity index is 292. The second-order valence-electron chi connectivity index (χ2n) is 6.91. The molecule has 0 unspecified atom stereocenters. The molecule has 120 valence electrons. The van der Waals surface area contributed by atoms with Crippen molar-refractivity contribution in [2.24, 2.45) is 5.92 Å². The van der Waals surface area contributed by atoms with E-state index in [1.165, 1.54) is 57.4 Å². The molecule has 0 atom stereocenters. The first-order valence-corrected chi connectivity index (χ1v) is 10.5. The van der Waals surface area contributed by atoms with Crippen molar-refractivity contribution in [3.8, 4) is 0 Å². The minimum atomic E-state index is 0.114. The highest BCUT2D eigenvalue weighted by molar-refractivity contribution is 6.37. The quantitative estimate of drug-likeness (QED) is 0.369. The summed E-state index contributed by atoms with van der Waals surface area (Å²) in [5.41, 5.74) is 0.923. The van der Waals surface area contributed by atoms with E-state index in [1.54, 1.807) is 0 Å². The van der Waals surface area contributed by atoms with Crippen LogP contribution in [0.4, 0.5) is 0 Å². The molecule has 2 radical (unpaired) electrons. The molecule has 21 heavy (non-hydrogen) atoms. The van der Waals surface area contributed by atoms with Crippen molar-refractivity contribution in [1.82, 2.24) is 0 Å². The molecule has 0 aromatic carbocycles. The third-order valence-electron chi connectivity index (χ3n) is 5.11. The predicted molar refractivity (Wildman–Crippen MR) is 88.8 cm³/mol. The van der Waals surface area contributed by atoms with Crippen LogP contribution in [0.1, 0.15) is 84.0 Å². The van der Waals surface area contributed by atoms with E-state index in [1.807, 2.05) is 0 Å². The molecule has 0 saturated heterocycles. The maximum Gasteiger partial charge on any atom is 0.309 e. The number of esters is 1. The summed E-state index contributed by atoms with van der Waals surface area (Å²) in [5.74, 6) is 0.330. The number of ether oxygens (including phenoxy) is 1. The Balaban J connectivity index is 1.59. The molecular weight excluding hydrogens is 276 g/mol. The number of carbonyl (C=O) groups is 1. The molecule has 2 aliphatic rings. The average Bonchev–Trinajstić information content (AvgIpc) is 2.54. The van der Waals surface area contributed by atoms with E-state index < -0.39 is 0 Å². The summed E-state index contributed by atoms with van der Waals surface area (Å²) >= 11 is 0. The maximum absolute atomic E-state index is 12.2. The van der Waals surface area contributed by atoms with E-state index in [9.17, 15) is 4.79 Å². The van der Waals surface area contributed by atoms with Crippen LogP contribution in [0.5, 0.6) is 0 Å². The number of hydrogen-bond acceptors (Lipinski definition) is 2. The maximum atomic E-state index is 12.2. The van der Waals surface area contributed by atoms with Gasteiger partial charge in [0, 0.05) is 9.52 Å². The van der Waals surface area contributed by atoms with Gasteiger partial charge in [0.1, 0.15) is 6.10 Å². The van der Waals surface area contributed by atoms with Crippen LogP contribution >= 0.6 is 0 Å². The van der Waals surface area contributed by atoms with Crippen molar-refractivity contribution in [3.63, 3.8) is 0 Å². The number of unbranched alkanes of at least 4 members (excludes halogenated alkanes) is 2. The number of rotatable bonds is 7. The average molecular weight is 309 g/mol. The smallest absolute Gasteiger partial charge is 0.309 e. The zero-order valence-corrected chi connectivity index (χ0v) is 14.7. The zero-order valence-electron chi connectivity index (χ0n) is 13.7. The van der Waals surface area contributed by atoms with Gasteiger partial charge in [0.2, 0.25) is 0 Å². The van der Waals surface area contributed by atoms with Gasteiger partial charge >= 0.3 is 5.97 Å². The Morgan fingerprint density at radius 1 is 1.00 bits per heavy atom. The van der Waals surface area contributed by atoms with Crippen LogP contribution in [-0.4, -0.2) is 21.6 Å². The first kappa shape index (κ1) is 17.0. The topological polar surface area (TPSA) is 26.3 Å². The summed E-state index contributed by atoms with van der Waals surface area (Å²) in [4.78, 5) is 12.2. The molecule has 2 rings (SSSR count). The van der Waals surface area contributed by atoms with Gasteiger partial charge in [0.15, 0.2) is 0 Å². The molecule has 0 aromatic heterocycles. The van der Waals surface area contributed by atoms with Crippen molar-refractivity contribution in [2.75, 3.05) is 0 Å². The summed E-state index contributed by atoms with van der Waals surface area (Å²) in [7, 11) is 1.14. The largest absolute Gasteiger partial charge is 0.462 e. The molecule has 3 heteroatoms. The van der Waals surface area contributed by atoms with Crippen molar-refractivity contribution in [2.45, 2.75) is 102 Å². The lowest BCUT2D eigenvalue weighted by molar-refractivity contribution is -0.156. The molecule has 2 aliphatic carbocycles. The fourth-order valence-corrected chi connectivity index (χ4v) is 5.27. The Hall–Kier alpha value is -0.313. The lowest BCUT2D eigenvalue weighted by atomic mass is 9.89. The molecule has 2 fully saturated rings. The normalized spacial score (nSPS) is 27.5. The highest BCUT2D eigenvalue weighted by atomic mass is 28.2. The molecule has 0 heterocycles. The predicted octanol–water partition coefficient (Wildman–Crippen LogP) is 5.15. The molecule has 0 aromatic rings. The number of hydrogen-bond donors (Lipinski definition) is 0. The standard InChI is InChI=1S/C18H32O2Si/c1-2-3-7-14-21-17-12-10-16(11-13-17)20-18(19)15-8-5-4-6-9-15/h15-17H,2-14H2,1H3. The third-order valence-corrected chi connectivity index (χ3v) is 6.91. The number of carbonyl (C=O) groups excluding carboxylic acids is 1. The van der Waals surface area contributed by atoms with Crippen molar-refractivity contribution in [1.29, 1.82) is 0 Å². The van der Waals surface area contributed by atoms with Crippen LogP contribution in [0.25, 0.3) is 0 Å². The van der Waals surface area contributed by atoms with Gasteiger partial charge in [-0.1, -0.05) is 51.5 Å². The summed E-state index contributed by atoms with van der Waals surface area (Å²) in [6.07, 6.45) is 15.0. The lowest BCUT2D eigenvalue weighted by Crippen LogP contribution is -2.28. The lowest BCUT2D eigenvalue weighted by Gasteiger charge is -2.30. The SMILES string of the molecule is CCCCC[Si]C1CCC(OC(=O)C2CCCCC2)CC1. The molecule has 0 bridgehead atoms.